The Kier molecular flexibility index (Phi) is 6.42. The molecular weight excluding hydrogens is 370 g/mol. The topological polar surface area (TPSA) is 89.5 Å². The average Bonchev–Trinajstić information content (AvgIpc) is 2.78. The minimum Gasteiger partial charge on any atom is -0.496 e. The van der Waals surface area contributed by atoms with Gasteiger partial charge in [0, 0.05) is 29.7 Å². The molecule has 0 bridgehead atoms. The Morgan fingerprint density at radius 2 is 1.72 bits per heavy atom. The van der Waals surface area contributed by atoms with Gasteiger partial charge in [0.1, 0.15) is 11.4 Å². The number of benzene rings is 2. The number of rotatable bonds is 7. The van der Waals surface area contributed by atoms with Gasteiger partial charge in [0.05, 0.1) is 19.8 Å². The molecule has 0 spiro atoms. The number of methoxy groups -OCH3 is 2. The molecule has 2 N–H and O–H groups in total. The van der Waals surface area contributed by atoms with E-state index >= 15 is 0 Å². The zero-order chi connectivity index (χ0) is 20.6. The van der Waals surface area contributed by atoms with Crippen LogP contribution in [-0.4, -0.2) is 31.1 Å². The number of aromatic nitrogens is 1. The number of hydrogen-bond acceptors (Lipinski definition) is 6. The quantitative estimate of drug-likeness (QED) is 0.597. The summed E-state index contributed by atoms with van der Waals surface area (Å²) >= 11 is 0. The Bertz CT molecular complexity index is 1000. The van der Waals surface area contributed by atoms with E-state index in [4.69, 9.17) is 4.74 Å². The van der Waals surface area contributed by atoms with Crippen molar-refractivity contribution in [1.82, 2.24) is 4.98 Å². The van der Waals surface area contributed by atoms with Crippen LogP contribution in [0.3, 0.4) is 0 Å². The fraction of sp³-hybridized carbons (Fsp3) is 0.136. The zero-order valence-corrected chi connectivity index (χ0v) is 16.1. The van der Waals surface area contributed by atoms with Gasteiger partial charge in [-0.1, -0.05) is 18.2 Å². The van der Waals surface area contributed by atoms with Crippen LogP contribution in [0.4, 0.5) is 11.4 Å². The predicted octanol–water partition coefficient (Wildman–Crippen LogP) is 3.74. The maximum Gasteiger partial charge on any atom is 0.337 e. The van der Waals surface area contributed by atoms with Crippen molar-refractivity contribution in [2.75, 3.05) is 24.9 Å². The molecule has 3 rings (SSSR count). The van der Waals surface area contributed by atoms with Crippen LogP contribution in [0.1, 0.15) is 26.4 Å². The molecule has 0 saturated carbocycles. The lowest BCUT2D eigenvalue weighted by atomic mass is 10.2. The first-order chi connectivity index (χ1) is 14.1. The van der Waals surface area contributed by atoms with Crippen molar-refractivity contribution < 1.29 is 19.1 Å². The number of pyridine rings is 1. The van der Waals surface area contributed by atoms with Crippen LogP contribution in [0.25, 0.3) is 0 Å². The molecule has 0 atom stereocenters. The van der Waals surface area contributed by atoms with Crippen LogP contribution in [-0.2, 0) is 11.3 Å². The molecule has 0 aliphatic heterocycles. The number of amides is 1. The lowest BCUT2D eigenvalue weighted by molar-refractivity contribution is 0.0600. The first kappa shape index (κ1) is 19.9. The zero-order valence-electron chi connectivity index (χ0n) is 16.1. The first-order valence-electron chi connectivity index (χ1n) is 8.92. The molecule has 0 aliphatic rings. The Labute approximate surface area is 168 Å². The third-order valence-corrected chi connectivity index (χ3v) is 4.23. The number of carbonyl (C=O) groups excluding carboxylic acids is 2. The molecular formula is C22H21N3O4. The van der Waals surface area contributed by atoms with Crippen LogP contribution in [0.15, 0.2) is 66.9 Å². The van der Waals surface area contributed by atoms with Crippen molar-refractivity contribution in [3.63, 3.8) is 0 Å². The van der Waals surface area contributed by atoms with E-state index in [2.05, 4.69) is 20.4 Å². The monoisotopic (exact) mass is 391 g/mol. The van der Waals surface area contributed by atoms with E-state index in [1.54, 1.807) is 49.7 Å². The maximum atomic E-state index is 12.5. The number of carbonyl (C=O) groups is 2. The summed E-state index contributed by atoms with van der Waals surface area (Å²) in [6, 6.07) is 17.6. The summed E-state index contributed by atoms with van der Waals surface area (Å²) in [5.74, 6) is 0.0116. The molecule has 2 aromatic carbocycles. The van der Waals surface area contributed by atoms with E-state index in [1.807, 2.05) is 24.3 Å². The number of anilines is 2. The lowest BCUT2D eigenvalue weighted by Gasteiger charge is -2.11. The molecule has 1 aromatic heterocycles. The molecule has 1 heterocycles. The highest BCUT2D eigenvalue weighted by Gasteiger charge is 2.10. The summed E-state index contributed by atoms with van der Waals surface area (Å²) in [7, 11) is 2.95. The molecule has 0 aliphatic carbocycles. The highest BCUT2D eigenvalue weighted by atomic mass is 16.5. The predicted molar refractivity (Wildman–Crippen MR) is 110 cm³/mol. The summed E-state index contributed by atoms with van der Waals surface area (Å²) in [6.45, 7) is 0.546. The third kappa shape index (κ3) is 5.10. The molecule has 7 heteroatoms. The summed E-state index contributed by atoms with van der Waals surface area (Å²) in [6.07, 6.45) is 1.57. The van der Waals surface area contributed by atoms with Gasteiger partial charge in [-0.3, -0.25) is 9.78 Å². The van der Waals surface area contributed by atoms with Crippen molar-refractivity contribution in [2.24, 2.45) is 0 Å². The summed E-state index contributed by atoms with van der Waals surface area (Å²) in [4.78, 5) is 28.1. The molecule has 0 saturated heterocycles. The third-order valence-electron chi connectivity index (χ3n) is 4.23. The van der Waals surface area contributed by atoms with Crippen LogP contribution < -0.4 is 15.4 Å². The number of esters is 1. The number of hydrogen-bond donors (Lipinski definition) is 2. The second-order valence-corrected chi connectivity index (χ2v) is 6.12. The van der Waals surface area contributed by atoms with Gasteiger partial charge in [-0.15, -0.1) is 0 Å². The van der Waals surface area contributed by atoms with Gasteiger partial charge < -0.3 is 20.1 Å². The van der Waals surface area contributed by atoms with Crippen molar-refractivity contribution in [1.29, 1.82) is 0 Å². The molecule has 148 valence electrons. The van der Waals surface area contributed by atoms with E-state index in [9.17, 15) is 9.59 Å². The number of para-hydroxylation sites is 1. The fourth-order valence-corrected chi connectivity index (χ4v) is 2.71. The van der Waals surface area contributed by atoms with E-state index in [-0.39, 0.29) is 11.6 Å². The lowest BCUT2D eigenvalue weighted by Crippen LogP contribution is -2.14. The fourth-order valence-electron chi connectivity index (χ4n) is 2.71. The summed E-state index contributed by atoms with van der Waals surface area (Å²) < 4.78 is 10.0. The molecule has 29 heavy (non-hydrogen) atoms. The SMILES string of the molecule is COC(=O)c1ccc(NC(=O)c2cc(NCc3ccccc3OC)ccn2)cc1. The molecule has 0 unspecified atom stereocenters. The molecule has 3 aromatic rings. The highest BCUT2D eigenvalue weighted by molar-refractivity contribution is 6.03. The largest absolute Gasteiger partial charge is 0.496 e. The maximum absolute atomic E-state index is 12.5. The second-order valence-electron chi connectivity index (χ2n) is 6.12. The number of nitrogens with one attached hydrogen (secondary N) is 2. The molecule has 0 radical (unpaired) electrons. The summed E-state index contributed by atoms with van der Waals surface area (Å²) in [5, 5.41) is 6.03. The van der Waals surface area contributed by atoms with Gasteiger partial charge in [-0.05, 0) is 42.5 Å². The molecule has 1 amide bonds. The minimum atomic E-state index is -0.432. The van der Waals surface area contributed by atoms with Crippen LogP contribution in [0, 0.1) is 0 Å². The van der Waals surface area contributed by atoms with Gasteiger partial charge in [0.25, 0.3) is 5.91 Å². The first-order valence-corrected chi connectivity index (χ1v) is 8.92. The second kappa shape index (κ2) is 9.36. The van der Waals surface area contributed by atoms with Crippen molar-refractivity contribution in [3.05, 3.63) is 83.7 Å². The van der Waals surface area contributed by atoms with Crippen LogP contribution >= 0.6 is 0 Å². The normalized spacial score (nSPS) is 10.1. The highest BCUT2D eigenvalue weighted by Crippen LogP contribution is 2.19. The van der Waals surface area contributed by atoms with Gasteiger partial charge in [0.2, 0.25) is 0 Å². The summed E-state index contributed by atoms with van der Waals surface area (Å²) in [5.41, 5.74) is 3.00. The molecule has 0 fully saturated rings. The van der Waals surface area contributed by atoms with Crippen LogP contribution in [0.2, 0.25) is 0 Å². The Morgan fingerprint density at radius 1 is 0.966 bits per heavy atom. The van der Waals surface area contributed by atoms with Gasteiger partial charge in [0.15, 0.2) is 0 Å². The Hall–Kier alpha value is -3.87. The van der Waals surface area contributed by atoms with Crippen molar-refractivity contribution >= 4 is 23.3 Å². The Balaban J connectivity index is 1.65. The van der Waals surface area contributed by atoms with Gasteiger partial charge >= 0.3 is 5.97 Å². The van der Waals surface area contributed by atoms with Gasteiger partial charge in [-0.25, -0.2) is 4.79 Å². The van der Waals surface area contributed by atoms with Crippen molar-refractivity contribution in [2.45, 2.75) is 6.54 Å². The van der Waals surface area contributed by atoms with E-state index in [0.717, 1.165) is 17.0 Å². The standard InChI is InChI=1S/C22H21N3O4/c1-28-20-6-4-3-5-16(20)14-24-18-11-12-23-19(13-18)21(26)25-17-9-7-15(8-10-17)22(27)29-2/h3-13H,14H2,1-2H3,(H,23,24)(H,25,26). The Morgan fingerprint density at radius 3 is 2.45 bits per heavy atom. The van der Waals surface area contributed by atoms with E-state index in [1.165, 1.54) is 7.11 Å². The molecule has 7 nitrogen and oxygen atoms in total. The van der Waals surface area contributed by atoms with E-state index in [0.29, 0.717) is 17.8 Å². The average molecular weight is 391 g/mol. The van der Waals surface area contributed by atoms with Crippen LogP contribution in [0.5, 0.6) is 5.75 Å². The minimum absolute atomic E-state index is 0.270. The smallest absolute Gasteiger partial charge is 0.337 e. The number of nitrogens with zero attached hydrogens (tertiary/aromatic N) is 1. The van der Waals surface area contributed by atoms with E-state index < -0.39 is 5.97 Å². The van der Waals surface area contributed by atoms with Crippen molar-refractivity contribution in [3.8, 4) is 5.75 Å². The number of ether oxygens (including phenoxy) is 2. The van der Waals surface area contributed by atoms with Gasteiger partial charge in [-0.2, -0.15) is 0 Å².